The molecule has 2 rings (SSSR count). The van der Waals surface area contributed by atoms with Crippen LogP contribution in [0.5, 0.6) is 5.75 Å². The fourth-order valence-corrected chi connectivity index (χ4v) is 4.42. The summed E-state index contributed by atoms with van der Waals surface area (Å²) in [6.45, 7) is 15.4. The molecule has 0 bridgehead atoms. The van der Waals surface area contributed by atoms with Crippen molar-refractivity contribution >= 4 is 19.3 Å². The van der Waals surface area contributed by atoms with Gasteiger partial charge in [-0.25, -0.2) is 17.7 Å². The molecule has 1 N–H and O–H groups in total. The van der Waals surface area contributed by atoms with Crippen LogP contribution in [0.4, 0.5) is 8.78 Å². The summed E-state index contributed by atoms with van der Waals surface area (Å²) in [5.41, 5.74) is 1.12. The van der Waals surface area contributed by atoms with E-state index in [1.807, 2.05) is 66.8 Å². The quantitative estimate of drug-likeness (QED) is 0.501. The predicted octanol–water partition coefficient (Wildman–Crippen LogP) is 6.08. The molecule has 1 unspecified atom stereocenters. The minimum atomic E-state index is -2.47. The lowest BCUT2D eigenvalue weighted by atomic mass is 9.99. The number of hydrogen-bond donors (Lipinski definition) is 1. The van der Waals surface area contributed by atoms with E-state index >= 15 is 4.39 Å². The molecule has 0 aliphatic rings. The van der Waals surface area contributed by atoms with Crippen LogP contribution >= 0.6 is 0 Å². The van der Waals surface area contributed by atoms with Crippen molar-refractivity contribution in [3.63, 3.8) is 0 Å². The third-order valence-corrected chi connectivity index (χ3v) is 11.6. The summed E-state index contributed by atoms with van der Waals surface area (Å²) in [5.74, 6) is -1.83. The molecule has 2 atom stereocenters. The van der Waals surface area contributed by atoms with Gasteiger partial charge in [0.2, 0.25) is 0 Å². The van der Waals surface area contributed by atoms with Crippen molar-refractivity contribution < 1.29 is 17.4 Å². The normalized spacial score (nSPS) is 14.9. The van der Waals surface area contributed by atoms with Crippen LogP contribution in [0.2, 0.25) is 18.1 Å². The maximum Gasteiger partial charge on any atom is 0.250 e. The Hall–Kier alpha value is -1.64. The first-order valence-corrected chi connectivity index (χ1v) is 14.4. The number of benzene rings is 1. The summed E-state index contributed by atoms with van der Waals surface area (Å²) in [6, 6.07) is 5.64. The van der Waals surface area contributed by atoms with Crippen LogP contribution < -0.4 is 9.15 Å². The highest BCUT2D eigenvalue weighted by Gasteiger charge is 2.40. The molecule has 0 saturated heterocycles. The van der Waals surface area contributed by atoms with Gasteiger partial charge >= 0.3 is 0 Å². The zero-order valence-corrected chi connectivity index (χ0v) is 21.5. The van der Waals surface area contributed by atoms with E-state index in [2.05, 4.69) is 9.71 Å². The van der Waals surface area contributed by atoms with Crippen LogP contribution in [0.25, 0.3) is 0 Å². The van der Waals surface area contributed by atoms with E-state index in [4.69, 9.17) is 4.43 Å². The van der Waals surface area contributed by atoms with Crippen molar-refractivity contribution in [3.05, 3.63) is 59.4 Å². The molecule has 0 amide bonds. The zero-order valence-electron chi connectivity index (χ0n) is 19.7. The Morgan fingerprint density at radius 3 is 2.16 bits per heavy atom. The van der Waals surface area contributed by atoms with Gasteiger partial charge in [-0.05, 0) is 69.1 Å². The lowest BCUT2D eigenvalue weighted by Gasteiger charge is -2.37. The number of hydrogen-bond acceptors (Lipinski definition) is 3. The average molecular weight is 469 g/mol. The fourth-order valence-electron chi connectivity index (χ4n) is 2.59. The second-order valence-corrected chi connectivity index (χ2v) is 17.0. The van der Waals surface area contributed by atoms with Crippen molar-refractivity contribution in [2.45, 2.75) is 76.9 Å². The minimum absolute atomic E-state index is 0.218. The molecule has 4 nitrogen and oxygen atoms in total. The Morgan fingerprint density at radius 1 is 1.06 bits per heavy atom. The molecule has 31 heavy (non-hydrogen) atoms. The van der Waals surface area contributed by atoms with Crippen molar-refractivity contribution in [2.75, 3.05) is 0 Å². The molecule has 0 spiro atoms. The van der Waals surface area contributed by atoms with E-state index in [1.54, 1.807) is 12.4 Å². The van der Waals surface area contributed by atoms with Gasteiger partial charge in [0, 0.05) is 18.0 Å². The number of aromatic nitrogens is 1. The van der Waals surface area contributed by atoms with Crippen LogP contribution in [0, 0.1) is 11.6 Å². The first kappa shape index (κ1) is 25.6. The standard InChI is InChI=1S/C23H34F2N2O2SSi/c1-22(2,3)30(28)27-19(15-16-11-13-26-14-12-16)17-9-10-18(24)21(20(17)25)29-31(7,8)23(4,5)6/h9-14,19,27H,15H2,1-8H3/t19?,30-/m0/s1. The molecule has 1 aromatic carbocycles. The highest BCUT2D eigenvalue weighted by Crippen LogP contribution is 2.40. The van der Waals surface area contributed by atoms with Gasteiger partial charge in [0.25, 0.3) is 8.32 Å². The maximum atomic E-state index is 15.7. The molecule has 172 valence electrons. The van der Waals surface area contributed by atoms with Gasteiger partial charge in [-0.3, -0.25) is 4.98 Å². The third kappa shape index (κ3) is 6.43. The summed E-state index contributed by atoms with van der Waals surface area (Å²) < 4.78 is 51.7. The smallest absolute Gasteiger partial charge is 0.250 e. The molecule has 2 aromatic rings. The van der Waals surface area contributed by atoms with E-state index in [9.17, 15) is 8.60 Å². The topological polar surface area (TPSA) is 51.2 Å². The molecule has 8 heteroatoms. The molecule has 1 aromatic heterocycles. The van der Waals surface area contributed by atoms with E-state index < -0.39 is 41.7 Å². The van der Waals surface area contributed by atoms with Gasteiger partial charge < -0.3 is 4.43 Å². The van der Waals surface area contributed by atoms with Crippen LogP contribution in [-0.4, -0.2) is 22.3 Å². The summed E-state index contributed by atoms with van der Waals surface area (Å²) in [5, 5.41) is -0.218. The van der Waals surface area contributed by atoms with Crippen LogP contribution in [0.1, 0.15) is 58.7 Å². The SMILES string of the molecule is CC(C)(C)[S@](=O)NC(Cc1ccncc1)c1ccc(F)c(O[Si](C)(C)C(C)(C)C)c1F. The van der Waals surface area contributed by atoms with Crippen molar-refractivity contribution in [2.24, 2.45) is 0 Å². The van der Waals surface area contributed by atoms with Gasteiger partial charge in [0.1, 0.15) is 0 Å². The summed E-state index contributed by atoms with van der Waals surface area (Å²) >= 11 is 0. The van der Waals surface area contributed by atoms with E-state index in [0.29, 0.717) is 6.42 Å². The van der Waals surface area contributed by atoms with Gasteiger partial charge in [0.15, 0.2) is 17.4 Å². The lowest BCUT2D eigenvalue weighted by Crippen LogP contribution is -2.44. The second-order valence-electron chi connectivity index (χ2n) is 10.3. The van der Waals surface area contributed by atoms with Crippen molar-refractivity contribution in [1.82, 2.24) is 9.71 Å². The molecule has 1 heterocycles. The van der Waals surface area contributed by atoms with Crippen molar-refractivity contribution in [1.29, 1.82) is 0 Å². The summed E-state index contributed by atoms with van der Waals surface area (Å²) in [6.07, 6.45) is 3.67. The number of halogens is 2. The molecular weight excluding hydrogens is 434 g/mol. The molecule has 0 fully saturated rings. The van der Waals surface area contributed by atoms with Crippen LogP contribution in [-0.2, 0) is 17.4 Å². The van der Waals surface area contributed by atoms with Gasteiger partial charge in [-0.1, -0.05) is 26.8 Å². The van der Waals surface area contributed by atoms with Crippen LogP contribution in [0.3, 0.4) is 0 Å². The monoisotopic (exact) mass is 468 g/mol. The first-order valence-electron chi connectivity index (χ1n) is 10.4. The fraction of sp³-hybridized carbons (Fsp3) is 0.522. The Morgan fingerprint density at radius 2 is 1.65 bits per heavy atom. The molecule has 0 aliphatic carbocycles. The van der Waals surface area contributed by atoms with Gasteiger partial charge in [-0.15, -0.1) is 0 Å². The number of nitrogens with one attached hydrogen (secondary N) is 1. The van der Waals surface area contributed by atoms with E-state index in [0.717, 1.165) is 5.56 Å². The van der Waals surface area contributed by atoms with E-state index in [-0.39, 0.29) is 16.4 Å². The molecule has 0 aliphatic heterocycles. The molecular formula is C23H34F2N2O2SSi. The second kappa shape index (κ2) is 9.46. The van der Waals surface area contributed by atoms with Gasteiger partial charge in [0.05, 0.1) is 21.8 Å². The maximum absolute atomic E-state index is 15.7. The predicted molar refractivity (Wildman–Crippen MR) is 126 cm³/mol. The Kier molecular flexibility index (Phi) is 7.82. The highest BCUT2D eigenvalue weighted by molar-refractivity contribution is 7.84. The Bertz CT molecular complexity index is 926. The Labute approximate surface area is 188 Å². The minimum Gasteiger partial charge on any atom is -0.540 e. The molecule has 0 saturated carbocycles. The lowest BCUT2D eigenvalue weighted by molar-refractivity contribution is 0.416. The van der Waals surface area contributed by atoms with Crippen LogP contribution in [0.15, 0.2) is 36.7 Å². The highest BCUT2D eigenvalue weighted by atomic mass is 32.2. The summed E-state index contributed by atoms with van der Waals surface area (Å²) in [4.78, 5) is 4.01. The Balaban J connectivity index is 2.51. The summed E-state index contributed by atoms with van der Waals surface area (Å²) in [7, 11) is -3.92. The zero-order chi connectivity index (χ0) is 23.6. The first-order chi connectivity index (χ1) is 14.1. The number of pyridine rings is 1. The van der Waals surface area contributed by atoms with E-state index in [1.165, 1.54) is 12.1 Å². The molecule has 0 radical (unpaired) electrons. The third-order valence-electron chi connectivity index (χ3n) is 5.61. The van der Waals surface area contributed by atoms with Crippen molar-refractivity contribution in [3.8, 4) is 5.75 Å². The van der Waals surface area contributed by atoms with Gasteiger partial charge in [-0.2, -0.15) is 0 Å². The largest absolute Gasteiger partial charge is 0.540 e. The number of rotatable bonds is 7. The average Bonchev–Trinajstić information content (AvgIpc) is 2.64. The number of nitrogens with zero attached hydrogens (tertiary/aromatic N) is 1.